The van der Waals surface area contributed by atoms with Crippen LogP contribution in [0.5, 0.6) is 0 Å². The molecule has 3 N–H and O–H groups in total. The molecule has 4 heteroatoms. The van der Waals surface area contributed by atoms with Gasteiger partial charge in [-0.05, 0) is 116 Å². The summed E-state index contributed by atoms with van der Waals surface area (Å²) in [7, 11) is 0. The Morgan fingerprint density at radius 2 is 1.00 bits per heavy atom. The molecule has 35 heavy (non-hydrogen) atoms. The van der Waals surface area contributed by atoms with E-state index >= 15 is 0 Å². The number of nitrogens with one attached hydrogen (secondary N) is 3. The lowest BCUT2D eigenvalue weighted by atomic mass is 10.0. The first-order chi connectivity index (χ1) is 16.8. The highest BCUT2D eigenvalue weighted by atomic mass is 14.8. The van der Waals surface area contributed by atoms with Crippen LogP contribution >= 0.6 is 0 Å². The van der Waals surface area contributed by atoms with Crippen LogP contribution in [0.2, 0.25) is 0 Å². The van der Waals surface area contributed by atoms with Crippen molar-refractivity contribution >= 4 is 44.2 Å². The van der Waals surface area contributed by atoms with Gasteiger partial charge in [-0.25, -0.2) is 4.98 Å². The summed E-state index contributed by atoms with van der Waals surface area (Å²) in [6, 6.07) is 6.90. The van der Waals surface area contributed by atoms with Crippen molar-refractivity contribution < 1.29 is 0 Å². The highest BCUT2D eigenvalue weighted by molar-refractivity contribution is 5.97. The number of hydrogen-bond acceptors (Lipinski definition) is 1. The van der Waals surface area contributed by atoms with Gasteiger partial charge in [-0.3, -0.25) is 0 Å². The molecule has 0 aliphatic carbocycles. The molecule has 5 rings (SSSR count). The Morgan fingerprint density at radius 1 is 0.543 bits per heavy atom. The molecule has 1 aliphatic heterocycles. The van der Waals surface area contributed by atoms with Crippen molar-refractivity contribution in [3.05, 3.63) is 63.0 Å². The van der Waals surface area contributed by atoms with E-state index in [1.54, 1.807) is 0 Å². The van der Waals surface area contributed by atoms with Crippen LogP contribution in [0.25, 0.3) is 44.2 Å². The van der Waals surface area contributed by atoms with Crippen LogP contribution in [-0.4, -0.2) is 19.9 Å². The van der Waals surface area contributed by atoms with Crippen molar-refractivity contribution in [2.24, 2.45) is 0 Å². The highest BCUT2D eigenvalue weighted by Crippen LogP contribution is 2.35. The number of nitrogens with zero attached hydrogens (tertiary/aromatic N) is 1. The normalized spacial score (nSPS) is 12.9. The Labute approximate surface area is 208 Å². The minimum atomic E-state index is 0.994. The third-order valence-corrected chi connectivity index (χ3v) is 8.21. The van der Waals surface area contributed by atoms with Crippen molar-refractivity contribution in [1.82, 2.24) is 19.9 Å². The Bertz CT molecular complexity index is 1620. The standard InChI is InChI=1S/C31H38N4/c1-9-20-22(11-3)28-15-29-23(12-4)21(10-2)27(33-29)14-25-17(6)19(8)31(35-25)30-18(7)16(5)24(34-30)13-26(20)32-28/h13-15,32-34H,9-12H2,1-8H3. The van der Waals surface area contributed by atoms with E-state index in [2.05, 4.69) is 88.5 Å². The second kappa shape index (κ2) is 8.75. The van der Waals surface area contributed by atoms with Crippen LogP contribution < -0.4 is 0 Å². The average Bonchev–Trinajstić information content (AvgIpc) is 3.53. The van der Waals surface area contributed by atoms with Gasteiger partial charge in [0.2, 0.25) is 0 Å². The number of aryl methyl sites for hydroxylation is 6. The Hall–Kier alpha value is -3.27. The number of aromatic nitrogens is 4. The lowest BCUT2D eigenvalue weighted by Gasteiger charge is -2.00. The van der Waals surface area contributed by atoms with Gasteiger partial charge in [0.05, 0.1) is 16.9 Å². The summed E-state index contributed by atoms with van der Waals surface area (Å²) >= 11 is 0. The van der Waals surface area contributed by atoms with Crippen molar-refractivity contribution in [2.75, 3.05) is 0 Å². The monoisotopic (exact) mass is 466 g/mol. The highest BCUT2D eigenvalue weighted by Gasteiger charge is 2.19. The van der Waals surface area contributed by atoms with Crippen molar-refractivity contribution in [3.63, 3.8) is 0 Å². The first-order valence-corrected chi connectivity index (χ1v) is 13.2. The van der Waals surface area contributed by atoms with Crippen LogP contribution in [0.15, 0.2) is 18.2 Å². The van der Waals surface area contributed by atoms with E-state index in [4.69, 9.17) is 4.98 Å². The van der Waals surface area contributed by atoms with E-state index in [1.807, 2.05) is 0 Å². The molecule has 0 unspecified atom stereocenters. The number of H-pyrrole nitrogens is 3. The largest absolute Gasteiger partial charge is 0.355 e. The van der Waals surface area contributed by atoms with Crippen LogP contribution in [-0.2, 0) is 25.7 Å². The zero-order valence-electron chi connectivity index (χ0n) is 22.5. The SMILES string of the molecule is CCc1c(CC)c2cc3[nH]c(cc4[nH]c(c5nc(cc1[nH]2)C(C)=C5C)c(C)c4C)c(CC)c3CC. The predicted octanol–water partition coefficient (Wildman–Crippen LogP) is 8.34. The van der Waals surface area contributed by atoms with Gasteiger partial charge in [-0.15, -0.1) is 0 Å². The van der Waals surface area contributed by atoms with Gasteiger partial charge < -0.3 is 15.0 Å². The number of fused-ring (bicyclic) bond motifs is 9. The minimum absolute atomic E-state index is 0.994. The van der Waals surface area contributed by atoms with Crippen LogP contribution in [0.3, 0.4) is 0 Å². The fraction of sp³-hybridized carbons (Fsp3) is 0.387. The maximum absolute atomic E-state index is 5.17. The van der Waals surface area contributed by atoms with Gasteiger partial charge in [0.15, 0.2) is 0 Å². The second-order valence-electron chi connectivity index (χ2n) is 9.93. The van der Waals surface area contributed by atoms with Crippen molar-refractivity contribution in [1.29, 1.82) is 0 Å². The van der Waals surface area contributed by atoms with E-state index in [1.165, 1.54) is 66.6 Å². The predicted molar refractivity (Wildman–Crippen MR) is 151 cm³/mol. The van der Waals surface area contributed by atoms with E-state index < -0.39 is 0 Å². The van der Waals surface area contributed by atoms with Gasteiger partial charge in [0.25, 0.3) is 0 Å². The number of hydrogen-bond donors (Lipinski definition) is 3. The van der Waals surface area contributed by atoms with E-state index in [0.29, 0.717) is 0 Å². The molecule has 0 radical (unpaired) electrons. The molecular weight excluding hydrogens is 428 g/mol. The van der Waals surface area contributed by atoms with Crippen molar-refractivity contribution in [2.45, 2.75) is 81.1 Å². The number of aromatic amines is 3. The second-order valence-corrected chi connectivity index (χ2v) is 9.93. The molecule has 182 valence electrons. The molecule has 0 saturated carbocycles. The summed E-state index contributed by atoms with van der Waals surface area (Å²) in [6.07, 6.45) is 4.00. The maximum atomic E-state index is 5.17. The lowest BCUT2D eigenvalue weighted by Crippen LogP contribution is -1.87. The molecule has 0 amide bonds. The van der Waals surface area contributed by atoms with Crippen LogP contribution in [0.4, 0.5) is 0 Å². The van der Waals surface area contributed by atoms with Gasteiger partial charge in [-0.1, -0.05) is 27.7 Å². The summed E-state index contributed by atoms with van der Waals surface area (Å²) in [5, 5.41) is 0. The maximum Gasteiger partial charge on any atom is 0.0907 e. The van der Waals surface area contributed by atoms with Gasteiger partial charge >= 0.3 is 0 Å². The quantitative estimate of drug-likeness (QED) is 0.278. The fourth-order valence-corrected chi connectivity index (χ4v) is 5.91. The summed E-state index contributed by atoms with van der Waals surface area (Å²) in [5.41, 5.74) is 19.9. The molecule has 4 nitrogen and oxygen atoms in total. The number of allylic oxidation sites excluding steroid dienone is 2. The van der Waals surface area contributed by atoms with Gasteiger partial charge in [0, 0.05) is 27.6 Å². The zero-order chi connectivity index (χ0) is 25.0. The average molecular weight is 467 g/mol. The van der Waals surface area contributed by atoms with Crippen LogP contribution in [0, 0.1) is 13.8 Å². The minimum Gasteiger partial charge on any atom is -0.355 e. The third-order valence-electron chi connectivity index (χ3n) is 8.21. The number of rotatable bonds is 4. The molecule has 4 aromatic rings. The fourth-order valence-electron chi connectivity index (χ4n) is 5.91. The van der Waals surface area contributed by atoms with E-state index in [0.717, 1.165) is 48.1 Å². The summed E-state index contributed by atoms with van der Waals surface area (Å²) < 4.78 is 0. The van der Waals surface area contributed by atoms with Gasteiger partial charge in [-0.2, -0.15) is 0 Å². The Balaban J connectivity index is 2.07. The third kappa shape index (κ3) is 3.53. The molecule has 0 atom stereocenters. The molecule has 5 heterocycles. The molecule has 0 saturated heterocycles. The Kier molecular flexibility index (Phi) is 5.86. The summed E-state index contributed by atoms with van der Waals surface area (Å²) in [4.78, 5) is 16.5. The van der Waals surface area contributed by atoms with E-state index in [9.17, 15) is 0 Å². The van der Waals surface area contributed by atoms with E-state index in [-0.39, 0.29) is 0 Å². The van der Waals surface area contributed by atoms with Crippen LogP contribution in [0.1, 0.15) is 86.3 Å². The smallest absolute Gasteiger partial charge is 0.0907 e. The molecule has 0 aromatic carbocycles. The summed E-state index contributed by atoms with van der Waals surface area (Å²) in [5.74, 6) is 0. The Morgan fingerprint density at radius 3 is 1.49 bits per heavy atom. The lowest BCUT2D eigenvalue weighted by molar-refractivity contribution is 1.07. The molecule has 8 bridgehead atoms. The van der Waals surface area contributed by atoms with Gasteiger partial charge in [0.1, 0.15) is 0 Å². The summed E-state index contributed by atoms with van der Waals surface area (Å²) in [6.45, 7) is 17.9. The first kappa shape index (κ1) is 23.5. The molecule has 0 spiro atoms. The molecular formula is C31H38N4. The molecule has 1 aliphatic rings. The zero-order valence-corrected chi connectivity index (χ0v) is 22.5. The molecule has 4 aromatic heterocycles. The first-order valence-electron chi connectivity index (χ1n) is 13.2. The topological polar surface area (TPSA) is 60.3 Å². The molecule has 0 fully saturated rings. The van der Waals surface area contributed by atoms with Crippen molar-refractivity contribution in [3.8, 4) is 0 Å².